The van der Waals surface area contributed by atoms with Crippen molar-refractivity contribution in [3.63, 3.8) is 0 Å². The van der Waals surface area contributed by atoms with Gasteiger partial charge in [-0.05, 0) is 17.5 Å². The predicted molar refractivity (Wildman–Crippen MR) is 73.6 cm³/mol. The summed E-state index contributed by atoms with van der Waals surface area (Å²) >= 11 is 2.08. The highest BCUT2D eigenvalue weighted by Gasteiger charge is 2.36. The van der Waals surface area contributed by atoms with Crippen molar-refractivity contribution < 1.29 is 13.2 Å². The zero-order chi connectivity index (χ0) is 15.5. The summed E-state index contributed by atoms with van der Waals surface area (Å²) in [5.41, 5.74) is -1.41. The fraction of sp³-hybridized carbons (Fsp3) is 0.154. The summed E-state index contributed by atoms with van der Waals surface area (Å²) in [5.74, 6) is -0.0765. The normalized spacial score (nSPS) is 10.9. The summed E-state index contributed by atoms with van der Waals surface area (Å²) in [4.78, 5) is 4.67. The molecule has 0 atom stereocenters. The van der Waals surface area contributed by atoms with Crippen LogP contribution in [0.2, 0.25) is 0 Å². The summed E-state index contributed by atoms with van der Waals surface area (Å²) in [6.45, 7) is 0. The Morgan fingerprint density at radius 3 is 2.62 bits per heavy atom. The van der Waals surface area contributed by atoms with E-state index in [0.29, 0.717) is 4.88 Å². The van der Waals surface area contributed by atoms with Crippen LogP contribution >= 0.6 is 23.1 Å². The SMILES string of the molecule is N#CCSc1nc(-c2cccs2)cc(C(F)(F)F)c1C#N. The lowest BCUT2D eigenvalue weighted by molar-refractivity contribution is -0.138. The Balaban J connectivity index is 2.66. The molecule has 0 N–H and O–H groups in total. The standard InChI is InChI=1S/C13H6F3N3S2/c14-13(15,16)9-6-10(11-2-1-4-20-11)19-12(8(9)7-18)21-5-3-17/h1-2,4,6H,5H2. The van der Waals surface area contributed by atoms with E-state index >= 15 is 0 Å². The van der Waals surface area contributed by atoms with Crippen molar-refractivity contribution in [2.45, 2.75) is 11.2 Å². The summed E-state index contributed by atoms with van der Waals surface area (Å²) < 4.78 is 39.3. The van der Waals surface area contributed by atoms with Gasteiger partial charge in [-0.15, -0.1) is 11.3 Å². The minimum atomic E-state index is -4.65. The third kappa shape index (κ3) is 3.35. The summed E-state index contributed by atoms with van der Waals surface area (Å²) in [6, 6.07) is 7.59. The van der Waals surface area contributed by atoms with Crippen LogP contribution in [0.3, 0.4) is 0 Å². The van der Waals surface area contributed by atoms with Crippen molar-refractivity contribution >= 4 is 23.1 Å². The monoisotopic (exact) mass is 325 g/mol. The molecule has 0 spiro atoms. The molecule has 21 heavy (non-hydrogen) atoms. The van der Waals surface area contributed by atoms with Gasteiger partial charge in [-0.2, -0.15) is 23.7 Å². The largest absolute Gasteiger partial charge is 0.417 e. The zero-order valence-electron chi connectivity index (χ0n) is 10.3. The molecule has 106 valence electrons. The van der Waals surface area contributed by atoms with Crippen molar-refractivity contribution in [1.29, 1.82) is 10.5 Å². The lowest BCUT2D eigenvalue weighted by Gasteiger charge is -2.12. The minimum absolute atomic E-state index is 0.0720. The van der Waals surface area contributed by atoms with Gasteiger partial charge >= 0.3 is 6.18 Å². The lowest BCUT2D eigenvalue weighted by atomic mass is 10.1. The Kier molecular flexibility index (Phi) is 4.51. The first kappa shape index (κ1) is 15.4. The minimum Gasteiger partial charge on any atom is -0.239 e. The molecule has 2 rings (SSSR count). The summed E-state index contributed by atoms with van der Waals surface area (Å²) in [6.07, 6.45) is -4.65. The molecule has 0 aliphatic heterocycles. The molecular formula is C13H6F3N3S2. The van der Waals surface area contributed by atoms with E-state index < -0.39 is 17.3 Å². The number of halogens is 3. The first-order valence-electron chi connectivity index (χ1n) is 5.53. The molecule has 0 bridgehead atoms. The summed E-state index contributed by atoms with van der Waals surface area (Å²) in [7, 11) is 0. The second-order valence-electron chi connectivity index (χ2n) is 3.77. The van der Waals surface area contributed by atoms with Crippen LogP contribution in [0.25, 0.3) is 10.6 Å². The van der Waals surface area contributed by atoms with E-state index in [1.54, 1.807) is 23.6 Å². The van der Waals surface area contributed by atoms with E-state index in [9.17, 15) is 13.2 Å². The predicted octanol–water partition coefficient (Wildman–Crippen LogP) is 4.32. The number of hydrogen-bond donors (Lipinski definition) is 0. The molecule has 2 heterocycles. The maximum atomic E-state index is 13.1. The quantitative estimate of drug-likeness (QED) is 0.789. The average Bonchev–Trinajstić information content (AvgIpc) is 2.97. The van der Waals surface area contributed by atoms with Gasteiger partial charge < -0.3 is 0 Å². The number of rotatable bonds is 3. The van der Waals surface area contributed by atoms with Crippen LogP contribution in [0.1, 0.15) is 11.1 Å². The van der Waals surface area contributed by atoms with Gasteiger partial charge in [0.2, 0.25) is 0 Å². The highest BCUT2D eigenvalue weighted by Crippen LogP contribution is 2.38. The molecule has 2 aromatic rings. The Bertz CT molecular complexity index is 725. The van der Waals surface area contributed by atoms with Crippen LogP contribution in [0.5, 0.6) is 0 Å². The average molecular weight is 325 g/mol. The molecule has 0 unspecified atom stereocenters. The van der Waals surface area contributed by atoms with Crippen LogP contribution in [-0.4, -0.2) is 10.7 Å². The number of thioether (sulfide) groups is 1. The molecule has 2 aromatic heterocycles. The maximum Gasteiger partial charge on any atom is 0.417 e. The molecule has 0 amide bonds. The summed E-state index contributed by atoms with van der Waals surface area (Å²) in [5, 5.41) is 19.2. The van der Waals surface area contributed by atoms with Crippen molar-refractivity contribution in [1.82, 2.24) is 4.98 Å². The van der Waals surface area contributed by atoms with Gasteiger partial charge in [0.1, 0.15) is 11.1 Å². The number of pyridine rings is 1. The number of hydrogen-bond acceptors (Lipinski definition) is 5. The molecule has 0 fully saturated rings. The van der Waals surface area contributed by atoms with E-state index in [-0.39, 0.29) is 16.5 Å². The second-order valence-corrected chi connectivity index (χ2v) is 5.68. The van der Waals surface area contributed by atoms with E-state index in [2.05, 4.69) is 4.98 Å². The molecule has 0 saturated carbocycles. The Morgan fingerprint density at radius 1 is 1.33 bits per heavy atom. The van der Waals surface area contributed by atoms with Gasteiger partial charge in [-0.3, -0.25) is 0 Å². The Hall–Kier alpha value is -2.03. The third-order valence-electron chi connectivity index (χ3n) is 2.45. The highest BCUT2D eigenvalue weighted by molar-refractivity contribution is 7.99. The van der Waals surface area contributed by atoms with Gasteiger partial charge in [0.25, 0.3) is 0 Å². The van der Waals surface area contributed by atoms with Crippen molar-refractivity contribution in [2.24, 2.45) is 0 Å². The molecule has 0 aliphatic rings. The van der Waals surface area contributed by atoms with E-state index in [1.807, 2.05) is 6.07 Å². The van der Waals surface area contributed by atoms with E-state index in [4.69, 9.17) is 10.5 Å². The molecule has 0 aromatic carbocycles. The molecule has 3 nitrogen and oxygen atoms in total. The van der Waals surface area contributed by atoms with Gasteiger partial charge in [0, 0.05) is 0 Å². The van der Waals surface area contributed by atoms with Gasteiger partial charge in [-0.1, -0.05) is 17.8 Å². The number of aromatic nitrogens is 1. The highest BCUT2D eigenvalue weighted by atomic mass is 32.2. The number of nitrogens with zero attached hydrogens (tertiary/aromatic N) is 3. The van der Waals surface area contributed by atoms with Crippen molar-refractivity contribution in [3.05, 3.63) is 34.7 Å². The Labute approximate surface area is 126 Å². The van der Waals surface area contributed by atoms with Crippen LogP contribution in [0.4, 0.5) is 13.2 Å². The van der Waals surface area contributed by atoms with Crippen molar-refractivity contribution in [3.8, 4) is 22.7 Å². The van der Waals surface area contributed by atoms with Crippen LogP contribution in [0.15, 0.2) is 28.6 Å². The topological polar surface area (TPSA) is 60.5 Å². The Morgan fingerprint density at radius 2 is 2.10 bits per heavy atom. The zero-order valence-corrected chi connectivity index (χ0v) is 11.9. The van der Waals surface area contributed by atoms with Gasteiger partial charge in [0.05, 0.1) is 33.5 Å². The molecule has 8 heteroatoms. The fourth-order valence-corrected chi connectivity index (χ4v) is 2.96. The maximum absolute atomic E-state index is 13.1. The smallest absolute Gasteiger partial charge is 0.239 e. The molecule has 0 saturated heterocycles. The van der Waals surface area contributed by atoms with Gasteiger partial charge in [0.15, 0.2) is 0 Å². The van der Waals surface area contributed by atoms with Crippen LogP contribution in [0, 0.1) is 22.7 Å². The lowest BCUT2D eigenvalue weighted by Crippen LogP contribution is -2.10. The number of alkyl halides is 3. The molecular weight excluding hydrogens is 319 g/mol. The third-order valence-corrected chi connectivity index (χ3v) is 4.19. The van der Waals surface area contributed by atoms with Gasteiger partial charge in [-0.25, -0.2) is 4.98 Å². The van der Waals surface area contributed by atoms with E-state index in [1.165, 1.54) is 11.3 Å². The van der Waals surface area contributed by atoms with Crippen molar-refractivity contribution in [2.75, 3.05) is 5.75 Å². The molecule has 0 aliphatic carbocycles. The van der Waals surface area contributed by atoms with E-state index in [0.717, 1.165) is 17.8 Å². The molecule has 0 radical (unpaired) electrons. The first-order valence-corrected chi connectivity index (χ1v) is 7.40. The number of nitriles is 2. The van der Waals surface area contributed by atoms with Crippen LogP contribution in [-0.2, 0) is 6.18 Å². The first-order chi connectivity index (χ1) is 9.97. The fourth-order valence-electron chi connectivity index (χ4n) is 1.61. The number of thiophene rings is 1. The second kappa shape index (κ2) is 6.17. The van der Waals surface area contributed by atoms with Crippen LogP contribution < -0.4 is 0 Å².